The fraction of sp³-hybridized carbons (Fsp3) is 0.190. The molecule has 4 nitrogen and oxygen atoms in total. The van der Waals surface area contributed by atoms with Crippen molar-refractivity contribution in [3.05, 3.63) is 77.1 Å². The Morgan fingerprint density at radius 2 is 1.44 bits per heavy atom. The first-order valence-electron chi connectivity index (χ1n) is 8.40. The number of aromatic nitrogens is 2. The van der Waals surface area contributed by atoms with E-state index in [4.69, 9.17) is 0 Å². The summed E-state index contributed by atoms with van der Waals surface area (Å²) in [5.74, 6) is 0. The van der Waals surface area contributed by atoms with E-state index in [-0.39, 0.29) is 5.41 Å². The lowest BCUT2D eigenvalue weighted by atomic mass is 9.90. The van der Waals surface area contributed by atoms with Crippen molar-refractivity contribution in [3.63, 3.8) is 0 Å². The maximum atomic E-state index is 4.55. The van der Waals surface area contributed by atoms with Crippen LogP contribution in [0.15, 0.2) is 64.9 Å². The number of rotatable bonds is 2. The first kappa shape index (κ1) is 15.5. The zero-order valence-electron chi connectivity index (χ0n) is 14.6. The molecule has 4 heteroatoms. The van der Waals surface area contributed by atoms with Gasteiger partial charge in [0.1, 0.15) is 5.71 Å². The van der Waals surface area contributed by atoms with Gasteiger partial charge in [-0.25, -0.2) is 0 Å². The van der Waals surface area contributed by atoms with Crippen LogP contribution in [0.2, 0.25) is 0 Å². The minimum atomic E-state index is -0.0163. The average Bonchev–Trinajstić information content (AvgIpc) is 3.19. The zero-order valence-corrected chi connectivity index (χ0v) is 14.6. The van der Waals surface area contributed by atoms with E-state index in [2.05, 4.69) is 77.6 Å². The monoisotopic (exact) mass is 328 g/mol. The Bertz CT molecular complexity index is 939. The fourth-order valence-corrected chi connectivity index (χ4v) is 3.24. The molecule has 0 fully saturated rings. The zero-order chi connectivity index (χ0) is 17.4. The van der Waals surface area contributed by atoms with Crippen molar-refractivity contribution in [3.8, 4) is 11.1 Å². The van der Waals surface area contributed by atoms with Crippen molar-refractivity contribution in [2.75, 3.05) is 0 Å². The van der Waals surface area contributed by atoms with Crippen LogP contribution in [0, 0.1) is 0 Å². The maximum Gasteiger partial charge on any atom is 0.101 e. The van der Waals surface area contributed by atoms with E-state index in [0.717, 1.165) is 28.1 Å². The quantitative estimate of drug-likeness (QED) is 0.426. The molecule has 0 saturated heterocycles. The second-order valence-electron chi connectivity index (χ2n) is 7.23. The highest BCUT2D eigenvalue weighted by Gasteiger charge is 2.24. The summed E-state index contributed by atoms with van der Waals surface area (Å²) < 4.78 is 0. The van der Waals surface area contributed by atoms with Crippen LogP contribution in [0.3, 0.4) is 0 Å². The maximum absolute atomic E-state index is 4.55. The lowest BCUT2D eigenvalue weighted by Crippen LogP contribution is -2.14. The van der Waals surface area contributed by atoms with Gasteiger partial charge in [0.05, 0.1) is 12.4 Å². The van der Waals surface area contributed by atoms with Gasteiger partial charge in [-0.3, -0.25) is 5.10 Å². The van der Waals surface area contributed by atoms with E-state index in [1.807, 2.05) is 12.1 Å². The van der Waals surface area contributed by atoms with Gasteiger partial charge in [-0.2, -0.15) is 10.2 Å². The van der Waals surface area contributed by atoms with Crippen molar-refractivity contribution in [1.82, 2.24) is 10.2 Å². The molecule has 1 aromatic heterocycles. The first-order chi connectivity index (χ1) is 12.1. The molecule has 0 saturated carbocycles. The van der Waals surface area contributed by atoms with Crippen LogP contribution in [0.4, 0.5) is 0 Å². The predicted octanol–water partition coefficient (Wildman–Crippen LogP) is 4.56. The van der Waals surface area contributed by atoms with Gasteiger partial charge in [-0.1, -0.05) is 69.3 Å². The molecule has 0 amide bonds. The van der Waals surface area contributed by atoms with Crippen molar-refractivity contribution in [2.24, 2.45) is 10.2 Å². The smallest absolute Gasteiger partial charge is 0.101 e. The Morgan fingerprint density at radius 3 is 2.00 bits per heavy atom. The molecule has 1 aliphatic rings. The largest absolute Gasteiger partial charge is 0.281 e. The number of H-pyrrole nitrogens is 1. The molecule has 0 unspecified atom stereocenters. The molecule has 0 radical (unpaired) electrons. The summed E-state index contributed by atoms with van der Waals surface area (Å²) in [6.45, 7) is 6.44. The average molecular weight is 328 g/mol. The molecule has 4 rings (SSSR count). The standard InChI is InChI=1S/C21H20N4/c1-21(2,3)20-14(13-23-25-20)12-22-24-19-17-10-6-4-8-15(17)16-9-5-7-11-18(16)19/h4-13H,1-3H3,(H,23,25)/b22-12+. The number of nitrogens with zero attached hydrogens (tertiary/aromatic N) is 3. The van der Waals surface area contributed by atoms with Gasteiger partial charge in [0.2, 0.25) is 0 Å². The Hall–Kier alpha value is -3.01. The van der Waals surface area contributed by atoms with E-state index < -0.39 is 0 Å². The Labute approximate surface area is 147 Å². The van der Waals surface area contributed by atoms with Crippen molar-refractivity contribution in [2.45, 2.75) is 26.2 Å². The highest BCUT2D eigenvalue weighted by atomic mass is 15.2. The molecule has 0 aliphatic heterocycles. The molecule has 0 bridgehead atoms. The highest BCUT2D eigenvalue weighted by molar-refractivity contribution is 6.24. The Balaban J connectivity index is 1.75. The van der Waals surface area contributed by atoms with Crippen LogP contribution in [0.25, 0.3) is 11.1 Å². The summed E-state index contributed by atoms with van der Waals surface area (Å²) >= 11 is 0. The number of aromatic amines is 1. The molecular weight excluding hydrogens is 308 g/mol. The van der Waals surface area contributed by atoms with E-state index in [1.54, 1.807) is 12.4 Å². The molecule has 25 heavy (non-hydrogen) atoms. The van der Waals surface area contributed by atoms with Crippen LogP contribution < -0.4 is 0 Å². The number of nitrogens with one attached hydrogen (secondary N) is 1. The lowest BCUT2D eigenvalue weighted by Gasteiger charge is -2.16. The number of hydrogen-bond donors (Lipinski definition) is 1. The third-order valence-electron chi connectivity index (χ3n) is 4.43. The number of benzene rings is 2. The summed E-state index contributed by atoms with van der Waals surface area (Å²) in [4.78, 5) is 0. The van der Waals surface area contributed by atoms with Crippen molar-refractivity contribution in [1.29, 1.82) is 0 Å². The van der Waals surface area contributed by atoms with Gasteiger partial charge in [0.25, 0.3) is 0 Å². The molecule has 124 valence electrons. The van der Waals surface area contributed by atoms with E-state index in [0.29, 0.717) is 0 Å². The van der Waals surface area contributed by atoms with Crippen LogP contribution in [0.5, 0.6) is 0 Å². The van der Waals surface area contributed by atoms with E-state index in [1.165, 1.54) is 11.1 Å². The summed E-state index contributed by atoms with van der Waals surface area (Å²) in [7, 11) is 0. The number of hydrogen-bond acceptors (Lipinski definition) is 3. The molecule has 0 atom stereocenters. The van der Waals surface area contributed by atoms with E-state index in [9.17, 15) is 0 Å². The van der Waals surface area contributed by atoms with Gasteiger partial charge in [-0.05, 0) is 11.1 Å². The van der Waals surface area contributed by atoms with Gasteiger partial charge in [-0.15, -0.1) is 5.10 Å². The molecule has 1 aliphatic carbocycles. The van der Waals surface area contributed by atoms with Crippen molar-refractivity contribution >= 4 is 11.9 Å². The topological polar surface area (TPSA) is 53.4 Å². The van der Waals surface area contributed by atoms with Gasteiger partial charge in [0.15, 0.2) is 0 Å². The molecule has 1 N–H and O–H groups in total. The first-order valence-corrected chi connectivity index (χ1v) is 8.40. The molecule has 2 aromatic carbocycles. The lowest BCUT2D eigenvalue weighted by molar-refractivity contribution is 0.566. The van der Waals surface area contributed by atoms with Gasteiger partial charge >= 0.3 is 0 Å². The van der Waals surface area contributed by atoms with Gasteiger partial charge in [0, 0.05) is 27.8 Å². The third kappa shape index (κ3) is 2.70. The van der Waals surface area contributed by atoms with Crippen LogP contribution in [0.1, 0.15) is 43.2 Å². The van der Waals surface area contributed by atoms with Crippen LogP contribution >= 0.6 is 0 Å². The summed E-state index contributed by atoms with van der Waals surface area (Å²) in [5, 5.41) is 16.1. The van der Waals surface area contributed by atoms with Crippen molar-refractivity contribution < 1.29 is 0 Å². The normalized spacial score (nSPS) is 13.2. The van der Waals surface area contributed by atoms with E-state index >= 15 is 0 Å². The van der Waals surface area contributed by atoms with Gasteiger partial charge < -0.3 is 0 Å². The molecular formula is C21H20N4. The Morgan fingerprint density at radius 1 is 0.880 bits per heavy atom. The fourth-order valence-electron chi connectivity index (χ4n) is 3.24. The SMILES string of the molecule is CC(C)(C)c1[nH]ncc1/C=N/N=C1c2ccccc2-c2ccccc21. The minimum absolute atomic E-state index is 0.0163. The molecule has 1 heterocycles. The summed E-state index contributed by atoms with van der Waals surface area (Å²) in [5.41, 5.74) is 7.62. The predicted molar refractivity (Wildman–Crippen MR) is 102 cm³/mol. The number of fused-ring (bicyclic) bond motifs is 3. The second-order valence-corrected chi connectivity index (χ2v) is 7.23. The van der Waals surface area contributed by atoms with Crippen LogP contribution in [-0.4, -0.2) is 22.1 Å². The Kier molecular flexibility index (Phi) is 3.61. The van der Waals surface area contributed by atoms with Crippen LogP contribution in [-0.2, 0) is 5.41 Å². The minimum Gasteiger partial charge on any atom is -0.281 e. The second kappa shape index (κ2) is 5.81. The molecule has 0 spiro atoms. The summed E-state index contributed by atoms with van der Waals surface area (Å²) in [6.07, 6.45) is 3.57. The third-order valence-corrected chi connectivity index (χ3v) is 4.43. The summed E-state index contributed by atoms with van der Waals surface area (Å²) in [6, 6.07) is 16.7. The molecule has 3 aromatic rings. The highest BCUT2D eigenvalue weighted by Crippen LogP contribution is 2.36.